The minimum absolute atomic E-state index is 0.559. The molecule has 0 heterocycles. The Balaban J connectivity index is 2.17. The highest BCUT2D eigenvalue weighted by Crippen LogP contribution is 2.26. The van der Waals surface area contributed by atoms with E-state index in [1.165, 1.54) is 76.2 Å². The Labute approximate surface area is 154 Å². The Kier molecular flexibility index (Phi) is 9.69. The second-order valence-corrected chi connectivity index (χ2v) is 7.69. The largest absolute Gasteiger partial charge is 0.478 e. The van der Waals surface area contributed by atoms with Crippen LogP contribution in [0.5, 0.6) is 0 Å². The second kappa shape index (κ2) is 12.1. The van der Waals surface area contributed by atoms with Gasteiger partial charge in [-0.25, -0.2) is 4.79 Å². The van der Waals surface area contributed by atoms with Crippen LogP contribution in [0.1, 0.15) is 103 Å². The van der Waals surface area contributed by atoms with Crippen molar-refractivity contribution in [3.05, 3.63) is 34.9 Å². The van der Waals surface area contributed by atoms with Gasteiger partial charge in [-0.2, -0.15) is 0 Å². The van der Waals surface area contributed by atoms with E-state index in [4.69, 9.17) is 0 Å². The predicted octanol–water partition coefficient (Wildman–Crippen LogP) is 7.12. The molecular formula is C23H36O2. The highest BCUT2D eigenvalue weighted by Gasteiger charge is 2.14. The third-order valence-electron chi connectivity index (χ3n) is 5.52. The maximum atomic E-state index is 12.0. The van der Waals surface area contributed by atoms with Crippen molar-refractivity contribution >= 4 is 5.97 Å². The second-order valence-electron chi connectivity index (χ2n) is 7.69. The van der Waals surface area contributed by atoms with Gasteiger partial charge in [-0.3, -0.25) is 0 Å². The molecule has 0 unspecified atom stereocenters. The van der Waals surface area contributed by atoms with Crippen molar-refractivity contribution in [1.82, 2.24) is 0 Å². The highest BCUT2D eigenvalue weighted by molar-refractivity contribution is 5.92. The first kappa shape index (κ1) is 20.0. The number of carbonyl (C=O) groups is 1. The normalized spacial score (nSPS) is 26.6. The van der Waals surface area contributed by atoms with Crippen LogP contribution in [-0.2, 0) is 4.79 Å². The molecular weight excluding hydrogens is 308 g/mol. The van der Waals surface area contributed by atoms with Crippen LogP contribution in [0, 0.1) is 0 Å². The van der Waals surface area contributed by atoms with E-state index in [9.17, 15) is 9.90 Å². The molecule has 1 N–H and O–H groups in total. The van der Waals surface area contributed by atoms with Crippen molar-refractivity contribution in [3.63, 3.8) is 0 Å². The van der Waals surface area contributed by atoms with Crippen LogP contribution in [0.15, 0.2) is 34.9 Å². The molecule has 0 radical (unpaired) electrons. The van der Waals surface area contributed by atoms with E-state index in [0.717, 1.165) is 37.7 Å². The molecule has 0 aromatic carbocycles. The molecule has 0 saturated heterocycles. The van der Waals surface area contributed by atoms with E-state index in [2.05, 4.69) is 12.2 Å². The third kappa shape index (κ3) is 8.07. The van der Waals surface area contributed by atoms with Crippen molar-refractivity contribution < 1.29 is 9.90 Å². The van der Waals surface area contributed by atoms with Crippen molar-refractivity contribution in [2.24, 2.45) is 0 Å². The first-order chi connectivity index (χ1) is 12.3. The van der Waals surface area contributed by atoms with E-state index < -0.39 is 5.97 Å². The van der Waals surface area contributed by atoms with E-state index in [1.807, 2.05) is 6.08 Å². The zero-order chi connectivity index (χ0) is 17.7. The Morgan fingerprint density at radius 3 is 1.88 bits per heavy atom. The summed E-state index contributed by atoms with van der Waals surface area (Å²) in [6.45, 7) is 0. The van der Waals surface area contributed by atoms with Gasteiger partial charge in [0.2, 0.25) is 0 Å². The fourth-order valence-electron chi connectivity index (χ4n) is 3.97. The van der Waals surface area contributed by atoms with Gasteiger partial charge in [0.25, 0.3) is 0 Å². The van der Waals surface area contributed by atoms with Gasteiger partial charge >= 0.3 is 5.97 Å². The fraction of sp³-hybridized carbons (Fsp3) is 0.696. The van der Waals surface area contributed by atoms with Gasteiger partial charge in [0.1, 0.15) is 0 Å². The van der Waals surface area contributed by atoms with E-state index in [1.54, 1.807) is 0 Å². The monoisotopic (exact) mass is 344 g/mol. The molecule has 0 aromatic rings. The van der Waals surface area contributed by atoms with Crippen LogP contribution in [0.4, 0.5) is 0 Å². The average Bonchev–Trinajstić information content (AvgIpc) is 2.62. The Hall–Kier alpha value is -1.31. The van der Waals surface area contributed by atoms with Gasteiger partial charge < -0.3 is 5.11 Å². The summed E-state index contributed by atoms with van der Waals surface area (Å²) in [5.74, 6) is -0.749. The average molecular weight is 345 g/mol. The van der Waals surface area contributed by atoms with Crippen LogP contribution < -0.4 is 0 Å². The van der Waals surface area contributed by atoms with Gasteiger partial charge in [0.15, 0.2) is 0 Å². The number of aliphatic carboxylic acids is 1. The van der Waals surface area contributed by atoms with Crippen molar-refractivity contribution in [2.75, 3.05) is 0 Å². The smallest absolute Gasteiger partial charge is 0.335 e. The van der Waals surface area contributed by atoms with Crippen molar-refractivity contribution in [1.29, 1.82) is 0 Å². The molecule has 0 atom stereocenters. The molecule has 0 aliphatic heterocycles. The van der Waals surface area contributed by atoms with Crippen molar-refractivity contribution in [2.45, 2.75) is 103 Å². The number of carboxylic acid groups (broad SMARTS) is 1. The SMILES string of the molecule is O=C(O)C(=C/C1=C/CCCCCCCC1)/C1=C/CCCCCCCC1. The minimum atomic E-state index is -0.749. The number of hydrogen-bond acceptors (Lipinski definition) is 1. The summed E-state index contributed by atoms with van der Waals surface area (Å²) in [5.41, 5.74) is 2.88. The molecule has 2 aliphatic carbocycles. The number of rotatable bonds is 3. The zero-order valence-corrected chi connectivity index (χ0v) is 15.9. The molecule has 0 amide bonds. The number of carboxylic acids is 1. The summed E-state index contributed by atoms with van der Waals surface area (Å²) < 4.78 is 0. The van der Waals surface area contributed by atoms with Gasteiger partial charge in [-0.05, 0) is 63.0 Å². The lowest BCUT2D eigenvalue weighted by atomic mass is 9.92. The summed E-state index contributed by atoms with van der Waals surface area (Å²) in [4.78, 5) is 12.0. The van der Waals surface area contributed by atoms with Gasteiger partial charge in [-0.1, -0.05) is 69.1 Å². The van der Waals surface area contributed by atoms with Crippen LogP contribution in [0.3, 0.4) is 0 Å². The van der Waals surface area contributed by atoms with Crippen LogP contribution in [-0.4, -0.2) is 11.1 Å². The highest BCUT2D eigenvalue weighted by atomic mass is 16.4. The predicted molar refractivity (Wildman–Crippen MR) is 106 cm³/mol. The summed E-state index contributed by atoms with van der Waals surface area (Å²) in [6, 6.07) is 0. The first-order valence-electron chi connectivity index (χ1n) is 10.6. The van der Waals surface area contributed by atoms with Crippen LogP contribution in [0.2, 0.25) is 0 Å². The topological polar surface area (TPSA) is 37.3 Å². The lowest BCUT2D eigenvalue weighted by Crippen LogP contribution is -2.06. The molecule has 0 spiro atoms. The van der Waals surface area contributed by atoms with Gasteiger partial charge in [-0.15, -0.1) is 0 Å². The maximum absolute atomic E-state index is 12.0. The molecule has 2 rings (SSSR count). The molecule has 140 valence electrons. The van der Waals surface area contributed by atoms with Crippen molar-refractivity contribution in [3.8, 4) is 0 Å². The summed E-state index contributed by atoms with van der Waals surface area (Å²) in [5, 5.41) is 9.83. The molecule has 2 nitrogen and oxygen atoms in total. The van der Waals surface area contributed by atoms with E-state index in [-0.39, 0.29) is 0 Å². The Morgan fingerprint density at radius 2 is 1.24 bits per heavy atom. The molecule has 2 aliphatic rings. The maximum Gasteiger partial charge on any atom is 0.335 e. The summed E-state index contributed by atoms with van der Waals surface area (Å²) >= 11 is 0. The molecule has 0 bridgehead atoms. The van der Waals surface area contributed by atoms with E-state index in [0.29, 0.717) is 5.57 Å². The van der Waals surface area contributed by atoms with Crippen LogP contribution >= 0.6 is 0 Å². The fourth-order valence-corrected chi connectivity index (χ4v) is 3.97. The quantitative estimate of drug-likeness (QED) is 0.553. The van der Waals surface area contributed by atoms with Gasteiger partial charge in [0, 0.05) is 0 Å². The number of allylic oxidation sites excluding steroid dienone is 4. The summed E-state index contributed by atoms with van der Waals surface area (Å²) in [7, 11) is 0. The van der Waals surface area contributed by atoms with E-state index >= 15 is 0 Å². The molecule has 2 heteroatoms. The number of hydrogen-bond donors (Lipinski definition) is 1. The molecule has 0 saturated carbocycles. The Bertz CT molecular complexity index is 496. The third-order valence-corrected chi connectivity index (χ3v) is 5.52. The lowest BCUT2D eigenvalue weighted by Gasteiger charge is -2.13. The molecule has 25 heavy (non-hydrogen) atoms. The lowest BCUT2D eigenvalue weighted by molar-refractivity contribution is -0.132. The minimum Gasteiger partial charge on any atom is -0.478 e. The molecule has 0 fully saturated rings. The first-order valence-corrected chi connectivity index (χ1v) is 10.6. The van der Waals surface area contributed by atoms with Crippen LogP contribution in [0.25, 0.3) is 0 Å². The Morgan fingerprint density at radius 1 is 0.720 bits per heavy atom. The van der Waals surface area contributed by atoms with Gasteiger partial charge in [0.05, 0.1) is 5.57 Å². The summed E-state index contributed by atoms with van der Waals surface area (Å²) in [6.07, 6.45) is 25.7. The molecule has 0 aromatic heterocycles. The standard InChI is InChI=1S/C23H36O2/c24-23(25)22(21-17-13-9-5-2-6-10-14-18-21)19-20-15-11-7-3-1-4-8-12-16-20/h15,17,19H,1-14,16,18H2,(H,24,25)/b20-15+,21-17+,22-19+. The zero-order valence-electron chi connectivity index (χ0n) is 15.9.